The van der Waals surface area contributed by atoms with Crippen LogP contribution in [0, 0.1) is 0 Å². The maximum absolute atomic E-state index is 12.7. The molecule has 0 radical (unpaired) electrons. The van der Waals surface area contributed by atoms with E-state index >= 15 is 0 Å². The molecule has 1 aliphatic rings. The second kappa shape index (κ2) is 6.53. The van der Waals surface area contributed by atoms with E-state index in [2.05, 4.69) is 22.4 Å². The predicted molar refractivity (Wildman–Crippen MR) is 97.3 cm³/mol. The molecule has 2 amide bonds. The van der Waals surface area contributed by atoms with Crippen molar-refractivity contribution in [1.29, 1.82) is 0 Å². The second-order valence-electron chi connectivity index (χ2n) is 6.26. The summed E-state index contributed by atoms with van der Waals surface area (Å²) < 4.78 is 0. The Balaban J connectivity index is 1.44. The van der Waals surface area contributed by atoms with Crippen molar-refractivity contribution < 1.29 is 9.59 Å². The van der Waals surface area contributed by atoms with Crippen molar-refractivity contribution in [3.63, 3.8) is 0 Å². The molecule has 126 valence electrons. The molecule has 5 heteroatoms. The van der Waals surface area contributed by atoms with E-state index in [0.29, 0.717) is 12.2 Å². The Morgan fingerprint density at radius 3 is 2.76 bits per heavy atom. The monoisotopic (exact) mass is 333 g/mol. The highest BCUT2D eigenvalue weighted by Gasteiger charge is 2.39. The van der Waals surface area contributed by atoms with Gasteiger partial charge in [-0.3, -0.25) is 9.59 Å². The van der Waals surface area contributed by atoms with Crippen LogP contribution in [-0.2, 0) is 16.0 Å². The van der Waals surface area contributed by atoms with Crippen LogP contribution in [0.4, 0.5) is 5.69 Å². The first-order chi connectivity index (χ1) is 12.2. The quantitative estimate of drug-likeness (QED) is 0.706. The van der Waals surface area contributed by atoms with Crippen molar-refractivity contribution in [2.45, 2.75) is 18.9 Å². The fourth-order valence-corrected chi connectivity index (χ4v) is 3.27. The van der Waals surface area contributed by atoms with Gasteiger partial charge >= 0.3 is 0 Å². The lowest BCUT2D eigenvalue weighted by Crippen LogP contribution is -2.39. The zero-order valence-corrected chi connectivity index (χ0v) is 13.7. The van der Waals surface area contributed by atoms with Gasteiger partial charge in [-0.1, -0.05) is 36.4 Å². The molecule has 0 aliphatic carbocycles. The Hall–Kier alpha value is -2.92. The van der Waals surface area contributed by atoms with Crippen molar-refractivity contribution >= 4 is 28.4 Å². The van der Waals surface area contributed by atoms with E-state index in [1.807, 2.05) is 48.7 Å². The molecule has 3 aromatic rings. The number of imide groups is 1. The van der Waals surface area contributed by atoms with Gasteiger partial charge in [-0.05, 0) is 42.1 Å². The fourth-order valence-electron chi connectivity index (χ4n) is 3.27. The minimum Gasteiger partial charge on any atom is -0.361 e. The van der Waals surface area contributed by atoms with E-state index in [0.717, 1.165) is 17.3 Å². The first-order valence-corrected chi connectivity index (χ1v) is 8.43. The van der Waals surface area contributed by atoms with Crippen molar-refractivity contribution in [2.75, 3.05) is 11.4 Å². The Morgan fingerprint density at radius 1 is 1.08 bits per heavy atom. The molecule has 0 saturated carbocycles. The molecule has 2 N–H and O–H groups in total. The van der Waals surface area contributed by atoms with Crippen LogP contribution in [-0.4, -0.2) is 29.4 Å². The van der Waals surface area contributed by atoms with E-state index in [1.54, 1.807) is 0 Å². The number of benzene rings is 2. The predicted octanol–water partition coefficient (Wildman–Crippen LogP) is 2.63. The maximum Gasteiger partial charge on any atom is 0.251 e. The van der Waals surface area contributed by atoms with Crippen LogP contribution in [0.2, 0.25) is 0 Å². The summed E-state index contributed by atoms with van der Waals surface area (Å²) in [5.74, 6) is -0.336. The molecular formula is C20H19N3O2. The first-order valence-electron chi connectivity index (χ1n) is 8.43. The minimum absolute atomic E-state index is 0.159. The van der Waals surface area contributed by atoms with E-state index in [9.17, 15) is 9.59 Å². The highest BCUT2D eigenvalue weighted by Crippen LogP contribution is 2.26. The number of hydrogen-bond donors (Lipinski definition) is 2. The van der Waals surface area contributed by atoms with Gasteiger partial charge in [0.25, 0.3) is 5.91 Å². The molecule has 1 unspecified atom stereocenters. The van der Waals surface area contributed by atoms with E-state index in [4.69, 9.17) is 0 Å². The van der Waals surface area contributed by atoms with Crippen LogP contribution in [0.15, 0.2) is 60.8 Å². The molecule has 0 bridgehead atoms. The number of aromatic nitrogens is 1. The molecule has 1 aromatic heterocycles. The highest BCUT2D eigenvalue weighted by atomic mass is 16.2. The molecule has 0 spiro atoms. The molecular weight excluding hydrogens is 314 g/mol. The van der Waals surface area contributed by atoms with Crippen LogP contribution >= 0.6 is 0 Å². The van der Waals surface area contributed by atoms with E-state index < -0.39 is 6.04 Å². The average molecular weight is 333 g/mol. The number of carbonyl (C=O) groups is 2. The van der Waals surface area contributed by atoms with Gasteiger partial charge in [0, 0.05) is 11.7 Å². The third-order valence-electron chi connectivity index (χ3n) is 4.59. The Morgan fingerprint density at radius 2 is 1.92 bits per heavy atom. The Kier molecular flexibility index (Phi) is 4.07. The van der Waals surface area contributed by atoms with Crippen LogP contribution in [0.5, 0.6) is 0 Å². The van der Waals surface area contributed by atoms with Gasteiger partial charge in [0.05, 0.1) is 18.2 Å². The summed E-state index contributed by atoms with van der Waals surface area (Å²) in [6.45, 7) is 0.664. The van der Waals surface area contributed by atoms with Crippen LogP contribution < -0.4 is 10.2 Å². The van der Waals surface area contributed by atoms with Crippen LogP contribution in [0.25, 0.3) is 10.9 Å². The largest absolute Gasteiger partial charge is 0.361 e. The summed E-state index contributed by atoms with van der Waals surface area (Å²) in [6, 6.07) is 17.2. The summed E-state index contributed by atoms with van der Waals surface area (Å²) in [6.07, 6.45) is 2.87. The maximum atomic E-state index is 12.7. The van der Waals surface area contributed by atoms with E-state index in [-0.39, 0.29) is 18.2 Å². The Bertz CT molecular complexity index is 917. The number of fused-ring (bicyclic) bond motifs is 1. The average Bonchev–Trinajstić information content (AvgIpc) is 3.20. The van der Waals surface area contributed by atoms with Gasteiger partial charge in [-0.15, -0.1) is 0 Å². The smallest absolute Gasteiger partial charge is 0.251 e. The van der Waals surface area contributed by atoms with Crippen molar-refractivity contribution in [3.8, 4) is 0 Å². The van der Waals surface area contributed by atoms with Gasteiger partial charge < -0.3 is 10.3 Å². The molecule has 1 atom stereocenters. The number of rotatable bonds is 5. The number of carbonyl (C=O) groups excluding carboxylic acids is 2. The van der Waals surface area contributed by atoms with E-state index in [1.165, 1.54) is 10.5 Å². The number of aromatic amines is 1. The lowest BCUT2D eigenvalue weighted by molar-refractivity contribution is -0.121. The second-order valence-corrected chi connectivity index (χ2v) is 6.26. The number of H-pyrrole nitrogens is 1. The summed E-state index contributed by atoms with van der Waals surface area (Å²) in [4.78, 5) is 29.4. The summed E-state index contributed by atoms with van der Waals surface area (Å²) in [5, 5.41) is 4.28. The van der Waals surface area contributed by atoms with Crippen molar-refractivity contribution in [1.82, 2.24) is 10.3 Å². The first kappa shape index (κ1) is 15.6. The zero-order valence-electron chi connectivity index (χ0n) is 13.7. The third-order valence-corrected chi connectivity index (χ3v) is 4.59. The number of anilines is 1. The van der Waals surface area contributed by atoms with Crippen molar-refractivity contribution in [2.24, 2.45) is 0 Å². The normalized spacial score (nSPS) is 17.6. The Labute approximate surface area is 145 Å². The molecule has 1 aliphatic heterocycles. The molecule has 2 heterocycles. The van der Waals surface area contributed by atoms with Gasteiger partial charge in [-0.2, -0.15) is 0 Å². The zero-order chi connectivity index (χ0) is 17.2. The lowest BCUT2D eigenvalue weighted by Gasteiger charge is -2.15. The number of hydrogen-bond acceptors (Lipinski definition) is 3. The van der Waals surface area contributed by atoms with Gasteiger partial charge in [0.1, 0.15) is 0 Å². The van der Waals surface area contributed by atoms with Crippen LogP contribution in [0.1, 0.15) is 12.0 Å². The van der Waals surface area contributed by atoms with Crippen molar-refractivity contribution in [3.05, 3.63) is 66.4 Å². The number of nitrogens with one attached hydrogen (secondary N) is 2. The molecule has 1 saturated heterocycles. The fraction of sp³-hybridized carbons (Fsp3) is 0.200. The molecule has 4 rings (SSSR count). The SMILES string of the molecule is O=C1CC(NCCc2ccccc2)C(=O)N1c1ccc2cc[nH]c2c1. The standard InChI is InChI=1S/C20H19N3O2/c24-19-13-18(22-10-8-14-4-2-1-3-5-14)20(25)23(19)16-7-6-15-9-11-21-17(15)12-16/h1-7,9,11-12,18,21-22H,8,10,13H2. The highest BCUT2D eigenvalue weighted by molar-refractivity contribution is 6.22. The summed E-state index contributed by atoms with van der Waals surface area (Å²) in [5.41, 5.74) is 2.75. The lowest BCUT2D eigenvalue weighted by atomic mass is 10.1. The molecule has 5 nitrogen and oxygen atoms in total. The number of nitrogens with zero attached hydrogens (tertiary/aromatic N) is 1. The molecule has 25 heavy (non-hydrogen) atoms. The van der Waals surface area contributed by atoms with Gasteiger partial charge in [-0.25, -0.2) is 4.90 Å². The van der Waals surface area contributed by atoms with Gasteiger partial charge in [0.2, 0.25) is 5.91 Å². The molecule has 2 aromatic carbocycles. The number of amides is 2. The molecule has 1 fully saturated rings. The minimum atomic E-state index is -0.449. The summed E-state index contributed by atoms with van der Waals surface area (Å²) >= 11 is 0. The summed E-state index contributed by atoms with van der Waals surface area (Å²) in [7, 11) is 0. The topological polar surface area (TPSA) is 65.2 Å². The van der Waals surface area contributed by atoms with Crippen LogP contribution in [0.3, 0.4) is 0 Å². The van der Waals surface area contributed by atoms with Gasteiger partial charge in [0.15, 0.2) is 0 Å². The third kappa shape index (κ3) is 3.06.